The van der Waals surface area contributed by atoms with Gasteiger partial charge in [0.1, 0.15) is 28.0 Å². The summed E-state index contributed by atoms with van der Waals surface area (Å²) in [4.78, 5) is -0.809. The van der Waals surface area contributed by atoms with Crippen molar-refractivity contribution in [3.63, 3.8) is 0 Å². The molecule has 2 N–H and O–H groups in total. The number of nitrogens with one attached hydrogen (secondary N) is 1. The van der Waals surface area contributed by atoms with E-state index in [1.54, 1.807) is 4.72 Å². The van der Waals surface area contributed by atoms with Crippen molar-refractivity contribution in [3.05, 3.63) is 59.4 Å². The second-order valence-corrected chi connectivity index (χ2v) is 5.78. The lowest BCUT2D eigenvalue weighted by Gasteiger charge is -2.11. The van der Waals surface area contributed by atoms with E-state index < -0.39 is 44.7 Å². The third-order valence-electron chi connectivity index (χ3n) is 2.67. The molecule has 0 saturated carbocycles. The number of anilines is 1. The standard InChI is InChI=1S/C13H10F3NO3S/c14-9-5-4-8(7-18)6-12(9)21(19,20)17-13-10(15)2-1-3-11(13)16/h1-6,17-18H,7H2. The Morgan fingerprint density at radius 2 is 1.62 bits per heavy atom. The Hall–Kier alpha value is -2.06. The van der Waals surface area contributed by atoms with Crippen molar-refractivity contribution in [2.45, 2.75) is 11.5 Å². The second-order valence-electron chi connectivity index (χ2n) is 4.13. The van der Waals surface area contributed by atoms with Gasteiger partial charge in [-0.2, -0.15) is 0 Å². The van der Waals surface area contributed by atoms with E-state index in [-0.39, 0.29) is 5.56 Å². The topological polar surface area (TPSA) is 66.4 Å². The van der Waals surface area contributed by atoms with Gasteiger partial charge in [-0.3, -0.25) is 4.72 Å². The number of hydrogen-bond donors (Lipinski definition) is 2. The van der Waals surface area contributed by atoms with Crippen molar-refractivity contribution in [2.75, 3.05) is 4.72 Å². The fourth-order valence-corrected chi connectivity index (χ4v) is 2.84. The number of aliphatic hydroxyl groups is 1. The molecule has 0 atom stereocenters. The molecule has 4 nitrogen and oxygen atoms in total. The summed E-state index contributed by atoms with van der Waals surface area (Å²) in [6, 6.07) is 5.71. The van der Waals surface area contributed by atoms with E-state index in [0.717, 1.165) is 30.3 Å². The first-order valence-electron chi connectivity index (χ1n) is 5.71. The zero-order chi connectivity index (χ0) is 15.6. The maximum absolute atomic E-state index is 13.6. The van der Waals surface area contributed by atoms with Crippen LogP contribution >= 0.6 is 0 Å². The highest BCUT2D eigenvalue weighted by molar-refractivity contribution is 7.92. The molecular weight excluding hydrogens is 307 g/mol. The molecule has 0 spiro atoms. The van der Waals surface area contributed by atoms with Crippen LogP contribution in [0.4, 0.5) is 18.9 Å². The quantitative estimate of drug-likeness (QED) is 0.910. The lowest BCUT2D eigenvalue weighted by atomic mass is 10.2. The summed E-state index contributed by atoms with van der Waals surface area (Å²) >= 11 is 0. The number of halogens is 3. The number of hydrogen-bond acceptors (Lipinski definition) is 3. The van der Waals surface area contributed by atoms with Gasteiger partial charge in [0.2, 0.25) is 0 Å². The smallest absolute Gasteiger partial charge is 0.265 e. The fourth-order valence-electron chi connectivity index (χ4n) is 1.64. The molecule has 0 unspecified atom stereocenters. The van der Waals surface area contributed by atoms with Crippen molar-refractivity contribution >= 4 is 15.7 Å². The van der Waals surface area contributed by atoms with E-state index in [2.05, 4.69) is 0 Å². The van der Waals surface area contributed by atoms with E-state index in [9.17, 15) is 21.6 Å². The largest absolute Gasteiger partial charge is 0.392 e. The van der Waals surface area contributed by atoms with Gasteiger partial charge in [0, 0.05) is 0 Å². The zero-order valence-corrected chi connectivity index (χ0v) is 11.3. The maximum atomic E-state index is 13.6. The summed E-state index contributed by atoms with van der Waals surface area (Å²) in [6.45, 7) is -0.503. The molecule has 2 rings (SSSR count). The molecule has 0 radical (unpaired) electrons. The molecule has 0 saturated heterocycles. The zero-order valence-electron chi connectivity index (χ0n) is 10.5. The predicted molar refractivity (Wildman–Crippen MR) is 69.5 cm³/mol. The van der Waals surface area contributed by atoms with E-state index in [1.807, 2.05) is 0 Å². The molecule has 2 aromatic carbocycles. The van der Waals surface area contributed by atoms with Crippen LogP contribution in [-0.4, -0.2) is 13.5 Å². The molecule has 2 aromatic rings. The first-order chi connectivity index (χ1) is 9.85. The minimum atomic E-state index is -4.54. The molecular formula is C13H10F3NO3S. The number of sulfonamides is 1. The normalized spacial score (nSPS) is 11.4. The highest BCUT2D eigenvalue weighted by Crippen LogP contribution is 2.24. The number of aliphatic hydroxyl groups excluding tert-OH is 1. The summed E-state index contributed by atoms with van der Waals surface area (Å²) in [6.07, 6.45) is 0. The highest BCUT2D eigenvalue weighted by Gasteiger charge is 2.22. The summed E-state index contributed by atoms with van der Waals surface area (Å²) < 4.78 is 66.2. The Balaban J connectivity index is 2.48. The summed E-state index contributed by atoms with van der Waals surface area (Å²) in [5.41, 5.74) is -0.753. The molecule has 0 fully saturated rings. The van der Waals surface area contributed by atoms with Crippen LogP contribution in [0.5, 0.6) is 0 Å². The van der Waals surface area contributed by atoms with Gasteiger partial charge in [-0.05, 0) is 29.8 Å². The monoisotopic (exact) mass is 317 g/mol. The number of rotatable bonds is 4. The van der Waals surface area contributed by atoms with Crippen molar-refractivity contribution < 1.29 is 26.7 Å². The highest BCUT2D eigenvalue weighted by atomic mass is 32.2. The molecule has 8 heteroatoms. The van der Waals surface area contributed by atoms with E-state index in [0.29, 0.717) is 0 Å². The van der Waals surface area contributed by atoms with Crippen LogP contribution < -0.4 is 4.72 Å². The molecule has 112 valence electrons. The Morgan fingerprint density at radius 1 is 1.00 bits per heavy atom. The van der Waals surface area contributed by atoms with E-state index >= 15 is 0 Å². The summed E-state index contributed by atoms with van der Waals surface area (Å²) in [7, 11) is -4.54. The average molecular weight is 317 g/mol. The number of para-hydroxylation sites is 1. The lowest BCUT2D eigenvalue weighted by Crippen LogP contribution is -2.17. The van der Waals surface area contributed by atoms with Crippen LogP contribution in [0.1, 0.15) is 5.56 Å². The van der Waals surface area contributed by atoms with Crippen LogP contribution in [-0.2, 0) is 16.6 Å². The van der Waals surface area contributed by atoms with Crippen LogP contribution in [0.3, 0.4) is 0 Å². The fraction of sp³-hybridized carbons (Fsp3) is 0.0769. The molecule has 0 aliphatic carbocycles. The minimum Gasteiger partial charge on any atom is -0.392 e. The first kappa shape index (κ1) is 15.3. The van der Waals surface area contributed by atoms with Crippen molar-refractivity contribution in [1.82, 2.24) is 0 Å². The first-order valence-corrected chi connectivity index (χ1v) is 7.19. The van der Waals surface area contributed by atoms with Crippen molar-refractivity contribution in [2.24, 2.45) is 0 Å². The molecule has 0 aliphatic heterocycles. The Bertz CT molecular complexity index is 758. The third-order valence-corrected chi connectivity index (χ3v) is 4.03. The Morgan fingerprint density at radius 3 is 2.19 bits per heavy atom. The van der Waals surface area contributed by atoms with Crippen LogP contribution in [0.15, 0.2) is 41.3 Å². The second kappa shape index (κ2) is 5.74. The van der Waals surface area contributed by atoms with E-state index in [1.165, 1.54) is 6.07 Å². The van der Waals surface area contributed by atoms with Gasteiger partial charge in [0.25, 0.3) is 10.0 Å². The lowest BCUT2D eigenvalue weighted by molar-refractivity contribution is 0.281. The van der Waals surface area contributed by atoms with Gasteiger partial charge >= 0.3 is 0 Å². The van der Waals surface area contributed by atoms with Gasteiger partial charge in [-0.15, -0.1) is 0 Å². The number of benzene rings is 2. The van der Waals surface area contributed by atoms with Crippen LogP contribution in [0.2, 0.25) is 0 Å². The SMILES string of the molecule is O=S(=O)(Nc1c(F)cccc1F)c1cc(CO)ccc1F. The summed E-state index contributed by atoms with van der Waals surface area (Å²) in [5, 5.41) is 8.94. The van der Waals surface area contributed by atoms with Gasteiger partial charge in [-0.25, -0.2) is 21.6 Å². The maximum Gasteiger partial charge on any atom is 0.265 e. The molecule has 0 aromatic heterocycles. The van der Waals surface area contributed by atoms with Crippen LogP contribution in [0, 0.1) is 17.5 Å². The predicted octanol–water partition coefficient (Wildman–Crippen LogP) is 2.40. The summed E-state index contributed by atoms with van der Waals surface area (Å²) in [5.74, 6) is -3.36. The van der Waals surface area contributed by atoms with E-state index in [4.69, 9.17) is 5.11 Å². The van der Waals surface area contributed by atoms with Crippen molar-refractivity contribution in [3.8, 4) is 0 Å². The molecule has 0 bridgehead atoms. The van der Waals surface area contributed by atoms with Gasteiger partial charge in [0.05, 0.1) is 6.61 Å². The van der Waals surface area contributed by atoms with Gasteiger partial charge in [-0.1, -0.05) is 12.1 Å². The molecule has 21 heavy (non-hydrogen) atoms. The molecule has 0 aliphatic rings. The Labute approximate surface area is 118 Å². The van der Waals surface area contributed by atoms with Gasteiger partial charge < -0.3 is 5.11 Å². The van der Waals surface area contributed by atoms with Crippen LogP contribution in [0.25, 0.3) is 0 Å². The molecule has 0 amide bonds. The minimum absolute atomic E-state index is 0.144. The Kier molecular flexibility index (Phi) is 4.19. The average Bonchev–Trinajstić information content (AvgIpc) is 2.43. The van der Waals surface area contributed by atoms with Gasteiger partial charge in [0.15, 0.2) is 0 Å². The molecule has 0 heterocycles. The third kappa shape index (κ3) is 3.17. The van der Waals surface area contributed by atoms with Crippen molar-refractivity contribution in [1.29, 1.82) is 0 Å².